The molecule has 0 N–H and O–H groups in total. The first-order valence-corrected chi connectivity index (χ1v) is 7.43. The van der Waals surface area contributed by atoms with Crippen LogP contribution in [0.2, 0.25) is 0 Å². The van der Waals surface area contributed by atoms with E-state index in [-0.39, 0.29) is 24.7 Å². The predicted molar refractivity (Wildman–Crippen MR) is 87.7 cm³/mol. The molecule has 2 unspecified atom stereocenters. The number of hydrogen-bond donors (Lipinski definition) is 0. The highest BCUT2D eigenvalue weighted by Crippen LogP contribution is 2.39. The smallest absolute Gasteiger partial charge is 0.163 e. The Balaban J connectivity index is 2.08. The summed E-state index contributed by atoms with van der Waals surface area (Å²) in [6.07, 6.45) is -1.66. The van der Waals surface area contributed by atoms with Gasteiger partial charge in [0.25, 0.3) is 0 Å². The number of rotatable bonds is 5. The summed E-state index contributed by atoms with van der Waals surface area (Å²) in [5.41, 5.74) is 1.33. The van der Waals surface area contributed by atoms with Crippen molar-refractivity contribution in [2.24, 2.45) is 0 Å². The van der Waals surface area contributed by atoms with Gasteiger partial charge in [0.05, 0.1) is 8.64 Å². The van der Waals surface area contributed by atoms with Gasteiger partial charge < -0.3 is 4.74 Å². The molecule has 2 atom stereocenters. The van der Waals surface area contributed by atoms with E-state index < -0.39 is 17.8 Å². The van der Waals surface area contributed by atoms with Crippen LogP contribution in [0.5, 0.6) is 0 Å². The van der Waals surface area contributed by atoms with Crippen molar-refractivity contribution in [2.45, 2.75) is 25.3 Å². The lowest BCUT2D eigenvalue weighted by Gasteiger charge is -2.20. The van der Waals surface area contributed by atoms with Crippen molar-refractivity contribution in [1.29, 1.82) is 0 Å². The Hall–Kier alpha value is -2.19. The van der Waals surface area contributed by atoms with Crippen molar-refractivity contribution in [3.05, 3.63) is 83.4 Å². The van der Waals surface area contributed by atoms with Crippen LogP contribution in [0.25, 0.3) is 0 Å². The monoisotopic (exact) mass is 295 g/mol. The van der Waals surface area contributed by atoms with Gasteiger partial charge >= 0.3 is 0 Å². The Morgan fingerprint density at radius 3 is 2.50 bits per heavy atom. The number of hydrogen-bond acceptors (Lipinski definition) is 2. The minimum absolute atomic E-state index is 0.0208. The van der Waals surface area contributed by atoms with Gasteiger partial charge in [0.1, 0.15) is 6.08 Å². The molecule has 2 aromatic carbocycles. The van der Waals surface area contributed by atoms with E-state index in [4.69, 9.17) is 8.85 Å². The second kappa shape index (κ2) is 6.71. The van der Waals surface area contributed by atoms with Crippen LogP contribution < -0.4 is 0 Å². The van der Waals surface area contributed by atoms with E-state index in [2.05, 4.69) is 0 Å². The SMILES string of the molecule is [2H]C1=C(C([2H])(OCC)c2ccccc2)CC([2H])(c2ccccc2)C1=O. The fourth-order valence-electron chi connectivity index (χ4n) is 2.60. The fraction of sp³-hybridized carbons (Fsp3) is 0.250. The average Bonchev–Trinajstić information content (AvgIpc) is 2.89. The molecule has 0 amide bonds. The summed E-state index contributed by atoms with van der Waals surface area (Å²) < 4.78 is 31.6. The minimum Gasteiger partial charge on any atom is -0.369 e. The van der Waals surface area contributed by atoms with Gasteiger partial charge in [-0.25, -0.2) is 0 Å². The first-order chi connectivity index (χ1) is 11.9. The highest BCUT2D eigenvalue weighted by Gasteiger charge is 2.31. The summed E-state index contributed by atoms with van der Waals surface area (Å²) in [5, 5.41) is 0. The van der Waals surface area contributed by atoms with Crippen molar-refractivity contribution >= 4 is 5.78 Å². The first kappa shape index (κ1) is 11.4. The topological polar surface area (TPSA) is 26.3 Å². The molecular formula is C20H20O2. The molecule has 22 heavy (non-hydrogen) atoms. The van der Waals surface area contributed by atoms with E-state index >= 15 is 0 Å². The highest BCUT2D eigenvalue weighted by atomic mass is 16.5. The molecule has 2 heteroatoms. The summed E-state index contributed by atoms with van der Waals surface area (Å²) in [7, 11) is 0. The van der Waals surface area contributed by atoms with Crippen LogP contribution in [0.1, 0.15) is 40.6 Å². The number of ether oxygens (including phenoxy) is 1. The van der Waals surface area contributed by atoms with Crippen LogP contribution in [-0.2, 0) is 9.53 Å². The minimum atomic E-state index is -1.64. The van der Waals surface area contributed by atoms with E-state index in [1.165, 1.54) is 0 Å². The van der Waals surface area contributed by atoms with E-state index in [1.54, 1.807) is 55.5 Å². The van der Waals surface area contributed by atoms with Crippen LogP contribution in [-0.4, -0.2) is 12.4 Å². The van der Waals surface area contributed by atoms with Gasteiger partial charge in [-0.3, -0.25) is 4.79 Å². The van der Waals surface area contributed by atoms with Crippen molar-refractivity contribution in [1.82, 2.24) is 0 Å². The first-order valence-electron chi connectivity index (χ1n) is 8.93. The molecular weight excluding hydrogens is 272 g/mol. The van der Waals surface area contributed by atoms with Crippen LogP contribution >= 0.6 is 0 Å². The summed E-state index contributed by atoms with van der Waals surface area (Å²) in [5.74, 6) is -2.16. The van der Waals surface area contributed by atoms with Gasteiger partial charge in [-0.1, -0.05) is 60.7 Å². The maximum absolute atomic E-state index is 12.7. The fourth-order valence-corrected chi connectivity index (χ4v) is 2.60. The van der Waals surface area contributed by atoms with Crippen LogP contribution in [0.3, 0.4) is 0 Å². The zero-order chi connectivity index (χ0) is 18.1. The number of allylic oxidation sites excluding steroid dienone is 1. The Morgan fingerprint density at radius 2 is 1.86 bits per heavy atom. The third kappa shape index (κ3) is 3.02. The lowest BCUT2D eigenvalue weighted by molar-refractivity contribution is -0.115. The van der Waals surface area contributed by atoms with Crippen molar-refractivity contribution < 1.29 is 13.6 Å². The predicted octanol–water partition coefficient (Wildman–Crippen LogP) is 4.45. The van der Waals surface area contributed by atoms with Gasteiger partial charge in [0, 0.05) is 7.98 Å². The third-order valence-corrected chi connectivity index (χ3v) is 3.61. The molecule has 0 bridgehead atoms. The second-order valence-electron chi connectivity index (χ2n) is 5.08. The number of benzene rings is 2. The molecule has 0 fully saturated rings. The lowest BCUT2D eigenvalue weighted by atomic mass is 9.92. The maximum Gasteiger partial charge on any atom is 0.163 e. The van der Waals surface area contributed by atoms with Crippen molar-refractivity contribution in [3.8, 4) is 0 Å². The normalized spacial score (nSPS) is 26.2. The Morgan fingerprint density at radius 1 is 1.23 bits per heavy atom. The van der Waals surface area contributed by atoms with Gasteiger partial charge in [0.2, 0.25) is 0 Å². The second-order valence-corrected chi connectivity index (χ2v) is 5.08. The number of carbonyl (C=O) groups excluding carboxylic acids is 1. The van der Waals surface area contributed by atoms with Gasteiger partial charge in [-0.2, -0.15) is 0 Å². The summed E-state index contributed by atoms with van der Waals surface area (Å²) in [6, 6.07) is 17.4. The number of carbonyl (C=O) groups is 1. The molecule has 0 radical (unpaired) electrons. The maximum atomic E-state index is 12.7. The molecule has 0 saturated carbocycles. The summed E-state index contributed by atoms with van der Waals surface area (Å²) in [4.78, 5) is 12.7. The highest BCUT2D eigenvalue weighted by molar-refractivity contribution is 5.99. The number of ketones is 1. The Labute approximate surface area is 135 Å². The molecule has 0 aromatic heterocycles. The quantitative estimate of drug-likeness (QED) is 0.814. The van der Waals surface area contributed by atoms with Gasteiger partial charge in [0.15, 0.2) is 5.78 Å². The molecule has 2 nitrogen and oxygen atoms in total. The third-order valence-electron chi connectivity index (χ3n) is 3.61. The molecule has 1 aliphatic carbocycles. The molecule has 3 rings (SSSR count). The molecule has 0 saturated heterocycles. The van der Waals surface area contributed by atoms with Crippen LogP contribution in [0.15, 0.2) is 72.3 Å². The molecule has 112 valence electrons. The molecule has 1 aliphatic rings. The zero-order valence-corrected chi connectivity index (χ0v) is 12.5. The lowest BCUT2D eigenvalue weighted by Crippen LogP contribution is -2.08. The molecule has 0 heterocycles. The Kier molecular flexibility index (Phi) is 3.48. The van der Waals surface area contributed by atoms with E-state index in [0.717, 1.165) is 0 Å². The molecule has 2 aromatic rings. The average molecular weight is 295 g/mol. The largest absolute Gasteiger partial charge is 0.369 e. The van der Waals surface area contributed by atoms with E-state index in [0.29, 0.717) is 11.1 Å². The van der Waals surface area contributed by atoms with Crippen LogP contribution in [0, 0.1) is 0 Å². The van der Waals surface area contributed by atoms with E-state index in [9.17, 15) is 4.79 Å². The zero-order valence-electron chi connectivity index (χ0n) is 15.5. The van der Waals surface area contributed by atoms with E-state index in [1.807, 2.05) is 12.1 Å². The standard InChI is InChI=1S/C20H20O2/c1-2-22-20(16-11-7-4-8-12-16)17-13-18(19(21)14-17)15-9-5-3-6-10-15/h3-12,14,18,20H,2,13H2,1H3/i14D,18D,20D. The van der Waals surface area contributed by atoms with Crippen LogP contribution in [0.4, 0.5) is 0 Å². The summed E-state index contributed by atoms with van der Waals surface area (Å²) >= 11 is 0. The van der Waals surface area contributed by atoms with Crippen molar-refractivity contribution in [2.75, 3.05) is 6.61 Å². The van der Waals surface area contributed by atoms with Crippen molar-refractivity contribution in [3.63, 3.8) is 0 Å². The molecule has 0 aliphatic heterocycles. The molecule has 0 spiro atoms. The van der Waals surface area contributed by atoms with Gasteiger partial charge in [-0.05, 0) is 36.1 Å². The summed E-state index contributed by atoms with van der Waals surface area (Å²) in [6.45, 7) is 2.04. The Bertz CT molecular complexity index is 804. The van der Waals surface area contributed by atoms with Gasteiger partial charge in [-0.15, -0.1) is 0 Å².